The molecule has 88 valence electrons. The van der Waals surface area contributed by atoms with Crippen molar-refractivity contribution in [2.24, 2.45) is 0 Å². The fourth-order valence-electron chi connectivity index (χ4n) is 0.445. The number of alkyl halides is 6. The highest BCUT2D eigenvalue weighted by Crippen LogP contribution is 2.19. The highest BCUT2D eigenvalue weighted by atomic mass is 19.4. The second kappa shape index (κ2) is 4.49. The third-order valence-corrected chi connectivity index (χ3v) is 1.02. The van der Waals surface area contributed by atoms with Gasteiger partial charge in [-0.05, 0) is 0 Å². The third kappa shape index (κ3) is 6.75. The lowest BCUT2D eigenvalue weighted by Gasteiger charge is -2.08. The molecule has 0 aromatic heterocycles. The molecule has 3 nitrogen and oxygen atoms in total. The fraction of sp³-hybridized carbons (Fsp3) is 0.667. The van der Waals surface area contributed by atoms with E-state index in [1.165, 1.54) is 0 Å². The Bertz CT molecular complexity index is 253. The summed E-state index contributed by atoms with van der Waals surface area (Å²) in [5.41, 5.74) is 0. The number of halogens is 6. The molecule has 0 amide bonds. The maximum Gasteiger partial charge on any atom is 0.450 e. The van der Waals surface area contributed by atoms with Crippen LogP contribution in [0, 0.1) is 0 Å². The van der Waals surface area contributed by atoms with Crippen LogP contribution >= 0.6 is 0 Å². The molecule has 0 aromatic carbocycles. The van der Waals surface area contributed by atoms with E-state index >= 15 is 0 Å². The standard InChI is InChI=1S/C6H4F6O3/c7-5(8,9)2-15-4(14)1-3(13)6(10,11)12/h1-2H2. The van der Waals surface area contributed by atoms with Gasteiger partial charge in [-0.15, -0.1) is 0 Å². The largest absolute Gasteiger partial charge is 0.456 e. The third-order valence-electron chi connectivity index (χ3n) is 1.02. The first kappa shape index (κ1) is 13.7. The molecule has 0 atom stereocenters. The second-order valence-electron chi connectivity index (χ2n) is 2.37. The van der Waals surface area contributed by atoms with E-state index in [0.717, 1.165) is 0 Å². The second-order valence-corrected chi connectivity index (χ2v) is 2.37. The molecule has 0 aromatic rings. The number of ketones is 1. The quantitative estimate of drug-likeness (QED) is 0.426. The summed E-state index contributed by atoms with van der Waals surface area (Å²) in [6, 6.07) is 0. The van der Waals surface area contributed by atoms with Crippen LogP contribution in [0.5, 0.6) is 0 Å². The van der Waals surface area contributed by atoms with Crippen molar-refractivity contribution in [3.8, 4) is 0 Å². The Balaban J connectivity index is 4.02. The summed E-state index contributed by atoms with van der Waals surface area (Å²) < 4.78 is 72.1. The van der Waals surface area contributed by atoms with Crippen molar-refractivity contribution in [1.82, 2.24) is 0 Å². The zero-order valence-electron chi connectivity index (χ0n) is 6.91. The molecule has 9 heteroatoms. The Morgan fingerprint density at radius 2 is 1.47 bits per heavy atom. The number of ether oxygens (including phenoxy) is 1. The summed E-state index contributed by atoms with van der Waals surface area (Å²) >= 11 is 0. The van der Waals surface area contributed by atoms with Crippen molar-refractivity contribution in [2.75, 3.05) is 6.61 Å². The van der Waals surface area contributed by atoms with Crippen LogP contribution < -0.4 is 0 Å². The van der Waals surface area contributed by atoms with E-state index in [9.17, 15) is 35.9 Å². The van der Waals surface area contributed by atoms with Crippen LogP contribution in [0.1, 0.15) is 6.42 Å². The number of hydrogen-bond donors (Lipinski definition) is 0. The van der Waals surface area contributed by atoms with Gasteiger partial charge in [0, 0.05) is 0 Å². The van der Waals surface area contributed by atoms with Gasteiger partial charge in [0.15, 0.2) is 6.61 Å². The van der Waals surface area contributed by atoms with Gasteiger partial charge in [-0.25, -0.2) is 0 Å². The van der Waals surface area contributed by atoms with Crippen LogP contribution in [0.2, 0.25) is 0 Å². The van der Waals surface area contributed by atoms with E-state index in [-0.39, 0.29) is 0 Å². The normalized spacial score (nSPS) is 12.4. The van der Waals surface area contributed by atoms with E-state index in [0.29, 0.717) is 0 Å². The van der Waals surface area contributed by atoms with E-state index in [1.54, 1.807) is 0 Å². The van der Waals surface area contributed by atoms with Crippen molar-refractivity contribution in [3.63, 3.8) is 0 Å². The van der Waals surface area contributed by atoms with Crippen molar-refractivity contribution in [3.05, 3.63) is 0 Å². The van der Waals surface area contributed by atoms with Crippen LogP contribution in [-0.2, 0) is 14.3 Å². The summed E-state index contributed by atoms with van der Waals surface area (Å²) in [5, 5.41) is 0. The number of carbonyl (C=O) groups is 2. The maximum absolute atomic E-state index is 11.5. The Labute approximate surface area is 79.0 Å². The number of carbonyl (C=O) groups excluding carboxylic acids is 2. The molecule has 0 aliphatic rings. The van der Waals surface area contributed by atoms with Gasteiger partial charge in [0.05, 0.1) is 0 Å². The van der Waals surface area contributed by atoms with E-state index in [4.69, 9.17) is 0 Å². The molecule has 0 radical (unpaired) electrons. The van der Waals surface area contributed by atoms with Crippen LogP contribution in [0.25, 0.3) is 0 Å². The van der Waals surface area contributed by atoms with Gasteiger partial charge in [-0.1, -0.05) is 0 Å². The van der Waals surface area contributed by atoms with Gasteiger partial charge < -0.3 is 4.74 Å². The maximum atomic E-state index is 11.5. The molecule has 0 saturated carbocycles. The molecule has 0 unspecified atom stereocenters. The molecule has 0 rings (SSSR count). The Hall–Kier alpha value is -1.28. The molecule has 0 N–H and O–H groups in total. The minimum Gasteiger partial charge on any atom is -0.456 e. The number of rotatable bonds is 3. The zero-order chi connectivity index (χ0) is 12.3. The average Bonchev–Trinajstić information content (AvgIpc) is 1.97. The summed E-state index contributed by atoms with van der Waals surface area (Å²) in [7, 11) is 0. The minimum absolute atomic E-state index is 1.75. The lowest BCUT2D eigenvalue weighted by Crippen LogP contribution is -2.28. The van der Waals surface area contributed by atoms with Crippen LogP contribution in [0.15, 0.2) is 0 Å². The predicted octanol–water partition coefficient (Wildman–Crippen LogP) is 1.61. The molecule has 0 fully saturated rings. The highest BCUT2D eigenvalue weighted by Gasteiger charge is 2.40. The average molecular weight is 238 g/mol. The molecule has 0 aliphatic heterocycles. The zero-order valence-corrected chi connectivity index (χ0v) is 6.91. The number of esters is 1. The summed E-state index contributed by atoms with van der Waals surface area (Å²) in [6.07, 6.45) is -11.8. The lowest BCUT2D eigenvalue weighted by atomic mass is 10.3. The van der Waals surface area contributed by atoms with Gasteiger partial charge in [0.25, 0.3) is 0 Å². The van der Waals surface area contributed by atoms with E-state index in [2.05, 4.69) is 4.74 Å². The van der Waals surface area contributed by atoms with Gasteiger partial charge in [0.1, 0.15) is 6.42 Å². The molecule has 0 heterocycles. The van der Waals surface area contributed by atoms with Crippen LogP contribution in [-0.4, -0.2) is 30.7 Å². The van der Waals surface area contributed by atoms with E-state index < -0.39 is 37.1 Å². The molecular formula is C6H4F6O3. The SMILES string of the molecule is O=C(CC(=O)C(F)(F)F)OCC(F)(F)F. The molecule has 0 saturated heterocycles. The first-order valence-electron chi connectivity index (χ1n) is 3.35. The van der Waals surface area contributed by atoms with Crippen LogP contribution in [0.4, 0.5) is 26.3 Å². The Morgan fingerprint density at radius 3 is 1.80 bits per heavy atom. The van der Waals surface area contributed by atoms with Gasteiger partial charge in [-0.2, -0.15) is 26.3 Å². The summed E-state index contributed by atoms with van der Waals surface area (Å²) in [5.74, 6) is -4.32. The highest BCUT2D eigenvalue weighted by molar-refractivity contribution is 5.98. The number of Topliss-reactive ketones (excluding diaryl/α,β-unsaturated/α-hetero) is 1. The topological polar surface area (TPSA) is 43.4 Å². The predicted molar refractivity (Wildman–Crippen MR) is 32.7 cm³/mol. The summed E-state index contributed by atoms with van der Waals surface area (Å²) in [4.78, 5) is 20.4. The Kier molecular flexibility index (Phi) is 4.11. The van der Waals surface area contributed by atoms with Gasteiger partial charge in [-0.3, -0.25) is 9.59 Å². The van der Waals surface area contributed by atoms with Crippen molar-refractivity contribution < 1.29 is 40.7 Å². The van der Waals surface area contributed by atoms with Gasteiger partial charge >= 0.3 is 18.3 Å². The number of hydrogen-bond acceptors (Lipinski definition) is 3. The van der Waals surface area contributed by atoms with Crippen molar-refractivity contribution in [1.29, 1.82) is 0 Å². The van der Waals surface area contributed by atoms with E-state index in [1.807, 2.05) is 0 Å². The minimum atomic E-state index is -5.25. The first-order chi connectivity index (χ1) is 6.52. The monoisotopic (exact) mass is 238 g/mol. The molecule has 0 bridgehead atoms. The summed E-state index contributed by atoms with van der Waals surface area (Å²) in [6.45, 7) is -2.02. The first-order valence-corrected chi connectivity index (χ1v) is 3.35. The molecule has 0 spiro atoms. The van der Waals surface area contributed by atoms with Crippen molar-refractivity contribution >= 4 is 11.8 Å². The lowest BCUT2D eigenvalue weighted by molar-refractivity contribution is -0.190. The van der Waals surface area contributed by atoms with Gasteiger partial charge in [0.2, 0.25) is 5.78 Å². The smallest absolute Gasteiger partial charge is 0.450 e. The van der Waals surface area contributed by atoms with Crippen molar-refractivity contribution in [2.45, 2.75) is 18.8 Å². The fourth-order valence-corrected chi connectivity index (χ4v) is 0.445. The molecular weight excluding hydrogens is 234 g/mol. The van der Waals surface area contributed by atoms with Crippen LogP contribution in [0.3, 0.4) is 0 Å². The molecule has 15 heavy (non-hydrogen) atoms. The molecule has 0 aliphatic carbocycles. The Morgan fingerprint density at radius 1 is 1.00 bits per heavy atom.